The first-order chi connectivity index (χ1) is 26.0. The van der Waals surface area contributed by atoms with Crippen LogP contribution in [0, 0.1) is 0 Å². The number of phosphoric ester groups is 1. The first kappa shape index (κ1) is 52.5. The number of carbonyl (C=O) groups is 2. The van der Waals surface area contributed by atoms with E-state index in [1.807, 2.05) is 21.1 Å². The van der Waals surface area contributed by atoms with E-state index < -0.39 is 26.5 Å². The second kappa shape index (κ2) is 37.1. The summed E-state index contributed by atoms with van der Waals surface area (Å²) in [6.07, 6.45) is 39.3. The Morgan fingerprint density at radius 3 is 1.37 bits per heavy atom. The van der Waals surface area contributed by atoms with Gasteiger partial charge in [-0.2, -0.15) is 0 Å². The fourth-order valence-electron chi connectivity index (χ4n) is 5.94. The van der Waals surface area contributed by atoms with Gasteiger partial charge in [0.05, 0.1) is 27.7 Å². The molecule has 0 saturated carbocycles. The second-order valence-corrected chi connectivity index (χ2v) is 17.5. The minimum Gasteiger partial charge on any atom is -0.462 e. The summed E-state index contributed by atoms with van der Waals surface area (Å²) < 4.78 is 34.3. The van der Waals surface area contributed by atoms with Gasteiger partial charge in [0.1, 0.15) is 19.8 Å². The molecule has 0 heterocycles. The van der Waals surface area contributed by atoms with E-state index in [4.69, 9.17) is 18.5 Å². The van der Waals surface area contributed by atoms with Gasteiger partial charge in [-0.05, 0) is 64.2 Å². The lowest BCUT2D eigenvalue weighted by molar-refractivity contribution is -0.870. The Morgan fingerprint density at radius 1 is 0.556 bits per heavy atom. The minimum atomic E-state index is -4.37. The van der Waals surface area contributed by atoms with Crippen LogP contribution in [0.25, 0.3) is 0 Å². The van der Waals surface area contributed by atoms with Crippen molar-refractivity contribution in [2.75, 3.05) is 47.5 Å². The number of phosphoric acid groups is 1. The van der Waals surface area contributed by atoms with Gasteiger partial charge < -0.3 is 18.9 Å². The highest BCUT2D eigenvalue weighted by Crippen LogP contribution is 2.43. The van der Waals surface area contributed by atoms with Crippen molar-refractivity contribution in [3.8, 4) is 0 Å². The van der Waals surface area contributed by atoms with Crippen LogP contribution in [0.4, 0.5) is 0 Å². The summed E-state index contributed by atoms with van der Waals surface area (Å²) in [5.74, 6) is -0.814. The number of nitrogens with zero attached hydrogens (tertiary/aromatic N) is 1. The van der Waals surface area contributed by atoms with Gasteiger partial charge in [0.2, 0.25) is 0 Å². The van der Waals surface area contributed by atoms with E-state index in [0.29, 0.717) is 17.4 Å². The van der Waals surface area contributed by atoms with Gasteiger partial charge in [-0.3, -0.25) is 18.6 Å². The molecule has 10 heteroatoms. The van der Waals surface area contributed by atoms with E-state index in [1.54, 1.807) is 0 Å². The normalized spacial score (nSPS) is 13.8. The molecular weight excluding hydrogens is 701 g/mol. The number of allylic oxidation sites excluding steroid dienone is 4. The van der Waals surface area contributed by atoms with E-state index in [0.717, 1.165) is 70.6 Å². The first-order valence-corrected chi connectivity index (χ1v) is 23.6. The molecule has 0 fully saturated rings. The molecule has 0 radical (unpaired) electrons. The lowest BCUT2D eigenvalue weighted by atomic mass is 10.1. The zero-order valence-electron chi connectivity index (χ0n) is 35.7. The molecule has 9 nitrogen and oxygen atoms in total. The summed E-state index contributed by atoms with van der Waals surface area (Å²) >= 11 is 0. The summed E-state index contributed by atoms with van der Waals surface area (Å²) in [5, 5.41) is 0. The van der Waals surface area contributed by atoms with Crippen molar-refractivity contribution < 1.29 is 42.1 Å². The molecule has 0 rings (SSSR count). The Balaban J connectivity index is 4.38. The number of likely N-dealkylation sites (N-methyl/N-ethyl adjacent to an activating group) is 1. The molecule has 1 N–H and O–H groups in total. The largest absolute Gasteiger partial charge is 0.472 e. The van der Waals surface area contributed by atoms with Crippen LogP contribution in [0.1, 0.15) is 194 Å². The lowest BCUT2D eigenvalue weighted by Gasteiger charge is -2.24. The summed E-state index contributed by atoms with van der Waals surface area (Å²) in [7, 11) is 1.47. The smallest absolute Gasteiger partial charge is 0.462 e. The molecule has 0 amide bonds. The topological polar surface area (TPSA) is 108 Å². The van der Waals surface area contributed by atoms with Crippen LogP contribution in [0.5, 0.6) is 0 Å². The zero-order valence-corrected chi connectivity index (χ0v) is 36.6. The van der Waals surface area contributed by atoms with Crippen LogP contribution in [0.2, 0.25) is 0 Å². The maximum Gasteiger partial charge on any atom is 0.472 e. The summed E-state index contributed by atoms with van der Waals surface area (Å²) in [6, 6.07) is 0. The predicted molar refractivity (Wildman–Crippen MR) is 224 cm³/mol. The molecule has 0 aliphatic rings. The number of rotatable bonds is 40. The Hall–Kier alpha value is -1.51. The average Bonchev–Trinajstić information content (AvgIpc) is 3.12. The molecule has 0 aromatic carbocycles. The minimum absolute atomic E-state index is 0.0299. The lowest BCUT2D eigenvalue weighted by Crippen LogP contribution is -2.37. The number of ether oxygens (including phenoxy) is 2. The first-order valence-electron chi connectivity index (χ1n) is 22.1. The van der Waals surface area contributed by atoms with Gasteiger partial charge in [-0.15, -0.1) is 0 Å². The van der Waals surface area contributed by atoms with Gasteiger partial charge in [0.15, 0.2) is 6.10 Å². The van der Waals surface area contributed by atoms with E-state index in [2.05, 4.69) is 38.2 Å². The molecule has 1 unspecified atom stereocenters. The van der Waals surface area contributed by atoms with Gasteiger partial charge >= 0.3 is 19.8 Å². The van der Waals surface area contributed by atoms with E-state index in [9.17, 15) is 19.0 Å². The molecule has 0 aromatic rings. The number of esters is 2. The van der Waals surface area contributed by atoms with Gasteiger partial charge in [-0.1, -0.05) is 141 Å². The Labute approximate surface area is 332 Å². The van der Waals surface area contributed by atoms with E-state index >= 15 is 0 Å². The number of unbranched alkanes of at least 4 members (excludes halogenated alkanes) is 22. The molecule has 54 heavy (non-hydrogen) atoms. The number of quaternary nitrogens is 1. The van der Waals surface area contributed by atoms with Gasteiger partial charge in [0, 0.05) is 12.8 Å². The number of hydrogen-bond acceptors (Lipinski definition) is 7. The predicted octanol–water partition coefficient (Wildman–Crippen LogP) is 12.4. The molecule has 0 aromatic heterocycles. The van der Waals surface area contributed by atoms with Crippen molar-refractivity contribution in [3.05, 3.63) is 24.3 Å². The van der Waals surface area contributed by atoms with Crippen LogP contribution >= 0.6 is 7.82 Å². The Morgan fingerprint density at radius 2 is 0.944 bits per heavy atom. The second-order valence-electron chi connectivity index (χ2n) is 16.1. The molecule has 0 spiro atoms. The molecule has 0 bridgehead atoms. The van der Waals surface area contributed by atoms with Crippen LogP contribution in [0.15, 0.2) is 24.3 Å². The monoisotopic (exact) mass is 787 g/mol. The van der Waals surface area contributed by atoms with Crippen LogP contribution in [-0.4, -0.2) is 74.9 Å². The third-order valence-electron chi connectivity index (χ3n) is 9.45. The van der Waals surface area contributed by atoms with Crippen molar-refractivity contribution in [2.24, 2.45) is 0 Å². The molecule has 0 saturated heterocycles. The number of carbonyl (C=O) groups excluding carboxylic acids is 2. The molecule has 0 aliphatic carbocycles. The van der Waals surface area contributed by atoms with Gasteiger partial charge in [0.25, 0.3) is 0 Å². The standard InChI is InChI=1S/C44H84NO8P/c1-6-8-10-12-14-16-18-20-22-24-26-28-30-32-34-36-43(46)50-40-42(41-52-54(48,49)51-39-38-45(3,4)5)53-44(47)37-35-33-31-29-27-25-23-21-19-17-15-13-11-9-7-2/h20-23,42H,6-19,24-41H2,1-5H3/p+1/b22-20-,23-21+/t42-/m1/s1. The third-order valence-corrected chi connectivity index (χ3v) is 10.4. The van der Waals surface area contributed by atoms with Crippen molar-refractivity contribution in [3.63, 3.8) is 0 Å². The average molecular weight is 787 g/mol. The third kappa shape index (κ3) is 40.2. The van der Waals surface area contributed by atoms with Crippen molar-refractivity contribution in [2.45, 2.75) is 200 Å². The quantitative estimate of drug-likeness (QED) is 0.0215. The van der Waals surface area contributed by atoms with Crippen molar-refractivity contribution in [1.29, 1.82) is 0 Å². The SMILES string of the molecule is CCCCCCCC/C=C\CCCCCCCC(=O)OC[C@H](COP(=O)(O)OCC[N+](C)(C)C)OC(=O)CCCCCCC/C=C/CCCCCCCC. The van der Waals surface area contributed by atoms with E-state index in [1.165, 1.54) is 89.9 Å². The van der Waals surface area contributed by atoms with Crippen LogP contribution in [0.3, 0.4) is 0 Å². The van der Waals surface area contributed by atoms with E-state index in [-0.39, 0.29) is 32.0 Å². The molecule has 2 atom stereocenters. The van der Waals surface area contributed by atoms with Crippen LogP contribution in [-0.2, 0) is 32.7 Å². The zero-order chi connectivity index (χ0) is 40.0. The number of hydrogen-bond donors (Lipinski definition) is 1. The van der Waals surface area contributed by atoms with Crippen molar-refractivity contribution >= 4 is 19.8 Å². The fourth-order valence-corrected chi connectivity index (χ4v) is 6.69. The highest BCUT2D eigenvalue weighted by Gasteiger charge is 2.27. The highest BCUT2D eigenvalue weighted by atomic mass is 31.2. The Bertz CT molecular complexity index is 980. The molecule has 318 valence electrons. The van der Waals surface area contributed by atoms with Crippen molar-refractivity contribution in [1.82, 2.24) is 0 Å². The summed E-state index contributed by atoms with van der Waals surface area (Å²) in [5.41, 5.74) is 0. The molecular formula is C44H85NO8P+. The maximum absolute atomic E-state index is 12.7. The fraction of sp³-hybridized carbons (Fsp3) is 0.864. The highest BCUT2D eigenvalue weighted by molar-refractivity contribution is 7.47. The summed E-state index contributed by atoms with van der Waals surface area (Å²) in [6.45, 7) is 4.40. The molecule has 0 aliphatic heterocycles. The Kier molecular flexibility index (Phi) is 36.1. The van der Waals surface area contributed by atoms with Gasteiger partial charge in [-0.25, -0.2) is 4.57 Å². The maximum atomic E-state index is 12.7. The summed E-state index contributed by atoms with van der Waals surface area (Å²) in [4.78, 5) is 35.3. The van der Waals surface area contributed by atoms with Crippen LogP contribution < -0.4 is 0 Å².